The summed E-state index contributed by atoms with van der Waals surface area (Å²) in [5, 5.41) is 4.98. The SMILES string of the molecule is O=C(CCCN1C(=O)c2cccc3cccc1c23)Nc1ccccc1Br. The predicted octanol–water partition coefficient (Wildman–Crippen LogP) is 4.98. The Hall–Kier alpha value is -2.66. The topological polar surface area (TPSA) is 49.4 Å². The zero-order valence-corrected chi connectivity index (χ0v) is 15.6. The second kappa shape index (κ2) is 6.92. The quantitative estimate of drug-likeness (QED) is 0.646. The van der Waals surface area contributed by atoms with E-state index in [1.807, 2.05) is 60.7 Å². The highest BCUT2D eigenvalue weighted by Crippen LogP contribution is 2.37. The molecule has 0 atom stereocenters. The maximum atomic E-state index is 12.7. The molecule has 3 aromatic rings. The first kappa shape index (κ1) is 16.8. The van der Waals surface area contributed by atoms with Gasteiger partial charge in [0.15, 0.2) is 0 Å². The molecule has 1 aliphatic rings. The molecule has 0 spiro atoms. The maximum Gasteiger partial charge on any atom is 0.258 e. The van der Waals surface area contributed by atoms with Crippen molar-refractivity contribution in [2.75, 3.05) is 16.8 Å². The fourth-order valence-electron chi connectivity index (χ4n) is 3.37. The maximum absolute atomic E-state index is 12.7. The average molecular weight is 409 g/mol. The number of anilines is 2. The molecular weight excluding hydrogens is 392 g/mol. The van der Waals surface area contributed by atoms with Gasteiger partial charge >= 0.3 is 0 Å². The van der Waals surface area contributed by atoms with Crippen molar-refractivity contribution in [3.8, 4) is 0 Å². The average Bonchev–Trinajstić information content (AvgIpc) is 2.92. The van der Waals surface area contributed by atoms with Crippen molar-refractivity contribution in [2.45, 2.75) is 12.8 Å². The van der Waals surface area contributed by atoms with Gasteiger partial charge in [-0.15, -0.1) is 0 Å². The minimum Gasteiger partial charge on any atom is -0.325 e. The van der Waals surface area contributed by atoms with Gasteiger partial charge in [-0.3, -0.25) is 9.59 Å². The van der Waals surface area contributed by atoms with Crippen LogP contribution in [0, 0.1) is 0 Å². The lowest BCUT2D eigenvalue weighted by Gasteiger charge is -2.17. The van der Waals surface area contributed by atoms with Crippen LogP contribution in [-0.4, -0.2) is 18.4 Å². The Bertz CT molecular complexity index is 1010. The standard InChI is InChI=1S/C21H17BrN2O2/c22-16-9-1-2-10-17(16)23-19(25)12-5-13-24-18-11-4-7-14-6-3-8-15(20(14)18)21(24)26/h1-4,6-11H,5,12-13H2,(H,23,25). The largest absolute Gasteiger partial charge is 0.325 e. The summed E-state index contributed by atoms with van der Waals surface area (Å²) in [6.07, 6.45) is 0.962. The third-order valence-corrected chi connectivity index (χ3v) is 5.27. The molecule has 0 aliphatic carbocycles. The monoisotopic (exact) mass is 408 g/mol. The van der Waals surface area contributed by atoms with Crippen LogP contribution >= 0.6 is 15.9 Å². The van der Waals surface area contributed by atoms with E-state index in [9.17, 15) is 9.59 Å². The number of carbonyl (C=O) groups excluding carboxylic acids is 2. The predicted molar refractivity (Wildman–Crippen MR) is 108 cm³/mol. The number of nitrogens with zero attached hydrogens (tertiary/aromatic N) is 1. The van der Waals surface area contributed by atoms with E-state index in [1.54, 1.807) is 4.90 Å². The summed E-state index contributed by atoms with van der Waals surface area (Å²) >= 11 is 3.42. The van der Waals surface area contributed by atoms with E-state index in [-0.39, 0.29) is 11.8 Å². The van der Waals surface area contributed by atoms with Gasteiger partial charge in [-0.1, -0.05) is 36.4 Å². The molecule has 130 valence electrons. The number of hydrogen-bond donors (Lipinski definition) is 1. The van der Waals surface area contributed by atoms with Crippen LogP contribution in [0.5, 0.6) is 0 Å². The van der Waals surface area contributed by atoms with E-state index in [4.69, 9.17) is 0 Å². The highest BCUT2D eigenvalue weighted by Gasteiger charge is 2.28. The highest BCUT2D eigenvalue weighted by molar-refractivity contribution is 9.10. The van der Waals surface area contributed by atoms with Gasteiger partial charge in [0.25, 0.3) is 5.91 Å². The van der Waals surface area contributed by atoms with Crippen molar-refractivity contribution in [3.05, 3.63) is 70.7 Å². The van der Waals surface area contributed by atoms with Crippen LogP contribution in [0.1, 0.15) is 23.2 Å². The molecule has 0 saturated heterocycles. The summed E-state index contributed by atoms with van der Waals surface area (Å²) < 4.78 is 0.852. The summed E-state index contributed by atoms with van der Waals surface area (Å²) in [7, 11) is 0. The molecule has 0 radical (unpaired) electrons. The molecule has 26 heavy (non-hydrogen) atoms. The Morgan fingerprint density at radius 2 is 1.77 bits per heavy atom. The van der Waals surface area contributed by atoms with Gasteiger partial charge in [-0.2, -0.15) is 0 Å². The van der Waals surface area contributed by atoms with Gasteiger partial charge in [0, 0.05) is 28.4 Å². The summed E-state index contributed by atoms with van der Waals surface area (Å²) in [4.78, 5) is 26.7. The molecule has 0 fully saturated rings. The molecule has 0 unspecified atom stereocenters. The van der Waals surface area contributed by atoms with Gasteiger partial charge in [-0.25, -0.2) is 0 Å². The molecule has 1 aliphatic heterocycles. The van der Waals surface area contributed by atoms with E-state index >= 15 is 0 Å². The summed E-state index contributed by atoms with van der Waals surface area (Å²) in [5.41, 5.74) is 2.44. The van der Waals surface area contributed by atoms with Gasteiger partial charge in [0.05, 0.1) is 11.4 Å². The number of para-hydroxylation sites is 1. The zero-order valence-electron chi connectivity index (χ0n) is 14.0. The first-order chi connectivity index (χ1) is 12.6. The normalized spacial score (nSPS) is 12.7. The van der Waals surface area contributed by atoms with E-state index in [1.165, 1.54) is 0 Å². The molecule has 5 heteroatoms. The summed E-state index contributed by atoms with van der Waals surface area (Å²) in [6, 6.07) is 19.3. The van der Waals surface area contributed by atoms with Crippen molar-refractivity contribution < 1.29 is 9.59 Å². The van der Waals surface area contributed by atoms with Crippen molar-refractivity contribution in [1.82, 2.24) is 0 Å². The van der Waals surface area contributed by atoms with Crippen molar-refractivity contribution in [1.29, 1.82) is 0 Å². The van der Waals surface area contributed by atoms with Crippen LogP contribution < -0.4 is 10.2 Å². The fourth-order valence-corrected chi connectivity index (χ4v) is 3.76. The van der Waals surface area contributed by atoms with Crippen LogP contribution in [0.3, 0.4) is 0 Å². The van der Waals surface area contributed by atoms with Crippen LogP contribution in [-0.2, 0) is 4.79 Å². The van der Waals surface area contributed by atoms with Crippen LogP contribution in [0.4, 0.5) is 11.4 Å². The van der Waals surface area contributed by atoms with E-state index in [0.29, 0.717) is 19.4 Å². The third kappa shape index (κ3) is 2.99. The number of benzene rings is 3. The summed E-state index contributed by atoms with van der Waals surface area (Å²) in [5.74, 6) is -0.0396. The zero-order chi connectivity index (χ0) is 18.1. The first-order valence-electron chi connectivity index (χ1n) is 8.53. The molecule has 0 aromatic heterocycles. The molecule has 2 amide bonds. The molecule has 4 nitrogen and oxygen atoms in total. The number of carbonyl (C=O) groups is 2. The molecule has 1 N–H and O–H groups in total. The second-order valence-electron chi connectivity index (χ2n) is 6.27. The number of hydrogen-bond acceptors (Lipinski definition) is 2. The molecule has 0 bridgehead atoms. The minimum absolute atomic E-state index is 0.0167. The Labute approximate surface area is 159 Å². The van der Waals surface area contributed by atoms with Gasteiger partial charge < -0.3 is 10.2 Å². The molecule has 1 heterocycles. The van der Waals surface area contributed by atoms with Crippen molar-refractivity contribution >= 4 is 49.9 Å². The number of rotatable bonds is 5. The summed E-state index contributed by atoms with van der Waals surface area (Å²) in [6.45, 7) is 0.524. The molecule has 4 rings (SSSR count). The molecule has 0 saturated carbocycles. The molecule has 3 aromatic carbocycles. The lowest BCUT2D eigenvalue weighted by atomic mass is 10.1. The van der Waals surface area contributed by atoms with Gasteiger partial charge in [0.2, 0.25) is 5.91 Å². The molecular formula is C21H17BrN2O2. The van der Waals surface area contributed by atoms with E-state index in [2.05, 4.69) is 21.2 Å². The number of halogens is 1. The second-order valence-corrected chi connectivity index (χ2v) is 7.12. The highest BCUT2D eigenvalue weighted by atomic mass is 79.9. The third-order valence-electron chi connectivity index (χ3n) is 4.58. The Morgan fingerprint density at radius 1 is 1.00 bits per heavy atom. The van der Waals surface area contributed by atoms with Crippen molar-refractivity contribution in [2.24, 2.45) is 0 Å². The van der Waals surface area contributed by atoms with Crippen LogP contribution in [0.15, 0.2) is 65.1 Å². The smallest absolute Gasteiger partial charge is 0.258 e. The lowest BCUT2D eigenvalue weighted by molar-refractivity contribution is -0.116. The fraction of sp³-hybridized carbons (Fsp3) is 0.143. The number of amides is 2. The Kier molecular flexibility index (Phi) is 4.47. The van der Waals surface area contributed by atoms with Gasteiger partial charge in [-0.05, 0) is 52.0 Å². The Morgan fingerprint density at radius 3 is 2.58 bits per heavy atom. The number of nitrogens with one attached hydrogen (secondary N) is 1. The van der Waals surface area contributed by atoms with Crippen molar-refractivity contribution in [3.63, 3.8) is 0 Å². The van der Waals surface area contributed by atoms with Gasteiger partial charge in [0.1, 0.15) is 0 Å². The first-order valence-corrected chi connectivity index (χ1v) is 9.32. The van der Waals surface area contributed by atoms with E-state index < -0.39 is 0 Å². The minimum atomic E-state index is -0.0562. The lowest BCUT2D eigenvalue weighted by Crippen LogP contribution is -2.28. The van der Waals surface area contributed by atoms with E-state index in [0.717, 1.165) is 32.2 Å². The Balaban J connectivity index is 1.42. The van der Waals surface area contributed by atoms with Crippen LogP contribution in [0.2, 0.25) is 0 Å². The van der Waals surface area contributed by atoms with Crippen LogP contribution in [0.25, 0.3) is 10.8 Å².